The lowest BCUT2D eigenvalue weighted by atomic mass is 10.3. The number of hydrogen-bond donors (Lipinski definition) is 3. The first-order chi connectivity index (χ1) is 16.1. The van der Waals surface area contributed by atoms with Gasteiger partial charge in [-0.2, -0.15) is 0 Å². The van der Waals surface area contributed by atoms with Crippen molar-refractivity contribution in [1.82, 2.24) is 14.8 Å². The topological polar surface area (TPSA) is 107 Å². The summed E-state index contributed by atoms with van der Waals surface area (Å²) in [5.74, 6) is 1.59. The molecule has 0 atom stereocenters. The first-order valence-electron chi connectivity index (χ1n) is 10.3. The molecule has 4 rings (SSSR count). The summed E-state index contributed by atoms with van der Waals surface area (Å²) < 4.78 is 7.16. The van der Waals surface area contributed by atoms with Gasteiger partial charge in [0.15, 0.2) is 11.0 Å². The molecule has 0 unspecified atom stereocenters. The molecule has 0 aliphatic carbocycles. The number of anilines is 3. The van der Waals surface area contributed by atoms with E-state index in [1.807, 2.05) is 59.2 Å². The summed E-state index contributed by atoms with van der Waals surface area (Å²) in [4.78, 5) is 12.4. The Morgan fingerprint density at radius 1 is 0.970 bits per heavy atom. The lowest BCUT2D eigenvalue weighted by molar-refractivity contribution is -0.113. The number of carbonyl (C=O) groups is 1. The van der Waals surface area contributed by atoms with Crippen LogP contribution in [0.3, 0.4) is 0 Å². The van der Waals surface area contributed by atoms with Gasteiger partial charge in [0.25, 0.3) is 0 Å². The summed E-state index contributed by atoms with van der Waals surface area (Å²) in [6, 6.07) is 24.5. The van der Waals surface area contributed by atoms with E-state index < -0.39 is 0 Å². The number of ether oxygens (including phenoxy) is 1. The molecule has 4 N–H and O–H groups in total. The third-order valence-corrected chi connectivity index (χ3v) is 5.71. The van der Waals surface area contributed by atoms with Crippen molar-refractivity contribution >= 4 is 34.7 Å². The number of hydrogen-bond acceptors (Lipinski definition) is 7. The predicted octanol–water partition coefficient (Wildman–Crippen LogP) is 4.20. The largest absolute Gasteiger partial charge is 0.497 e. The molecule has 8 nitrogen and oxygen atoms in total. The minimum Gasteiger partial charge on any atom is -0.497 e. The fourth-order valence-corrected chi connectivity index (χ4v) is 3.90. The molecule has 3 aromatic carbocycles. The molecule has 0 spiro atoms. The first-order valence-corrected chi connectivity index (χ1v) is 11.3. The van der Waals surface area contributed by atoms with Crippen LogP contribution in [0.4, 0.5) is 17.1 Å². The number of methoxy groups -OCH3 is 1. The summed E-state index contributed by atoms with van der Waals surface area (Å²) >= 11 is 1.33. The predicted molar refractivity (Wildman–Crippen MR) is 132 cm³/mol. The molecule has 33 heavy (non-hydrogen) atoms. The van der Waals surface area contributed by atoms with E-state index in [4.69, 9.17) is 10.5 Å². The maximum atomic E-state index is 12.4. The van der Waals surface area contributed by atoms with Crippen LogP contribution in [0.1, 0.15) is 5.82 Å². The summed E-state index contributed by atoms with van der Waals surface area (Å²) in [5.41, 5.74) is 8.91. The van der Waals surface area contributed by atoms with Gasteiger partial charge in [0.1, 0.15) is 5.75 Å². The summed E-state index contributed by atoms with van der Waals surface area (Å²) in [6.45, 7) is 0.465. The van der Waals surface area contributed by atoms with Crippen molar-refractivity contribution in [3.05, 3.63) is 84.7 Å². The minimum absolute atomic E-state index is 0.134. The molecule has 0 aliphatic rings. The number of nitrogens with one attached hydrogen (secondary N) is 2. The van der Waals surface area contributed by atoms with Crippen LogP contribution in [-0.4, -0.2) is 33.5 Å². The second-order valence-electron chi connectivity index (χ2n) is 7.11. The third kappa shape index (κ3) is 5.83. The number of nitrogens with zero attached hydrogens (tertiary/aromatic N) is 3. The summed E-state index contributed by atoms with van der Waals surface area (Å²) in [6.07, 6.45) is 0. The molecule has 0 aliphatic heterocycles. The Morgan fingerprint density at radius 3 is 2.36 bits per heavy atom. The highest BCUT2D eigenvalue weighted by molar-refractivity contribution is 7.99. The maximum absolute atomic E-state index is 12.4. The van der Waals surface area contributed by atoms with Gasteiger partial charge in [0.05, 0.1) is 19.4 Å². The Kier molecular flexibility index (Phi) is 7.11. The molecule has 1 aromatic heterocycles. The van der Waals surface area contributed by atoms with Crippen LogP contribution >= 0.6 is 11.8 Å². The van der Waals surface area contributed by atoms with Crippen molar-refractivity contribution in [1.29, 1.82) is 0 Å². The Morgan fingerprint density at radius 2 is 1.67 bits per heavy atom. The van der Waals surface area contributed by atoms with Crippen molar-refractivity contribution in [3.8, 4) is 11.4 Å². The van der Waals surface area contributed by atoms with Gasteiger partial charge in [0.2, 0.25) is 5.91 Å². The Labute approximate surface area is 196 Å². The van der Waals surface area contributed by atoms with E-state index in [-0.39, 0.29) is 11.7 Å². The average Bonchev–Trinajstić information content (AvgIpc) is 3.26. The highest BCUT2D eigenvalue weighted by Crippen LogP contribution is 2.23. The van der Waals surface area contributed by atoms with E-state index in [0.717, 1.165) is 22.9 Å². The lowest BCUT2D eigenvalue weighted by Crippen LogP contribution is -2.15. The standard InChI is InChI=1S/C24H24N6O2S/c1-32-21-13-11-18(12-14-21)26-15-22-28-29-24(30(22)20-5-3-2-4-6-20)33-16-23(31)27-19-9-7-17(25)8-10-19/h2-14,26H,15-16,25H2,1H3,(H,27,31). The van der Waals surface area contributed by atoms with Crippen molar-refractivity contribution in [2.45, 2.75) is 11.7 Å². The first kappa shape index (κ1) is 22.2. The molecule has 0 bridgehead atoms. The highest BCUT2D eigenvalue weighted by Gasteiger charge is 2.16. The monoisotopic (exact) mass is 460 g/mol. The van der Waals surface area contributed by atoms with E-state index in [2.05, 4.69) is 20.8 Å². The number of aromatic nitrogens is 3. The van der Waals surface area contributed by atoms with Crippen LogP contribution in [0, 0.1) is 0 Å². The van der Waals surface area contributed by atoms with Gasteiger partial charge >= 0.3 is 0 Å². The van der Waals surface area contributed by atoms with Gasteiger partial charge in [-0.15, -0.1) is 10.2 Å². The molecule has 9 heteroatoms. The van der Waals surface area contributed by atoms with E-state index in [1.165, 1.54) is 11.8 Å². The fourth-order valence-electron chi connectivity index (χ4n) is 3.13. The molecular formula is C24H24N6O2S. The van der Waals surface area contributed by atoms with Crippen molar-refractivity contribution in [3.63, 3.8) is 0 Å². The lowest BCUT2D eigenvalue weighted by Gasteiger charge is -2.12. The van der Waals surface area contributed by atoms with Crippen molar-refractivity contribution < 1.29 is 9.53 Å². The molecule has 1 heterocycles. The molecule has 4 aromatic rings. The normalized spacial score (nSPS) is 10.6. The van der Waals surface area contributed by atoms with Gasteiger partial charge in [-0.1, -0.05) is 30.0 Å². The van der Waals surface area contributed by atoms with Gasteiger partial charge in [-0.3, -0.25) is 9.36 Å². The van der Waals surface area contributed by atoms with Crippen LogP contribution in [0.25, 0.3) is 5.69 Å². The SMILES string of the molecule is COc1ccc(NCc2nnc(SCC(=O)Nc3ccc(N)cc3)n2-c2ccccc2)cc1. The zero-order valence-corrected chi connectivity index (χ0v) is 18.9. The van der Waals surface area contributed by atoms with Gasteiger partial charge < -0.3 is 21.1 Å². The molecule has 1 amide bonds. The molecule has 0 saturated carbocycles. The van der Waals surface area contributed by atoms with Crippen LogP contribution < -0.4 is 21.1 Å². The second kappa shape index (κ2) is 10.6. The average molecular weight is 461 g/mol. The van der Waals surface area contributed by atoms with Crippen LogP contribution in [0.15, 0.2) is 84.0 Å². The fraction of sp³-hybridized carbons (Fsp3) is 0.125. The van der Waals surface area contributed by atoms with Crippen molar-refractivity contribution in [2.24, 2.45) is 0 Å². The number of benzene rings is 3. The number of nitrogens with two attached hydrogens (primary N) is 1. The number of carbonyl (C=O) groups excluding carboxylic acids is 1. The number of amides is 1. The van der Waals surface area contributed by atoms with Crippen LogP contribution in [0.2, 0.25) is 0 Å². The Bertz CT molecular complexity index is 1190. The number of thioether (sulfide) groups is 1. The molecule has 0 fully saturated rings. The number of para-hydroxylation sites is 1. The van der Waals surface area contributed by atoms with E-state index >= 15 is 0 Å². The quantitative estimate of drug-likeness (QED) is 0.254. The third-order valence-electron chi connectivity index (χ3n) is 4.78. The van der Waals surface area contributed by atoms with Gasteiger partial charge in [-0.05, 0) is 60.7 Å². The zero-order chi connectivity index (χ0) is 23.0. The Hall–Kier alpha value is -3.98. The van der Waals surface area contributed by atoms with E-state index in [0.29, 0.717) is 23.1 Å². The van der Waals surface area contributed by atoms with Gasteiger partial charge in [-0.25, -0.2) is 0 Å². The Balaban J connectivity index is 1.47. The smallest absolute Gasteiger partial charge is 0.234 e. The number of nitrogen functional groups attached to an aromatic ring is 1. The van der Waals surface area contributed by atoms with Crippen LogP contribution in [-0.2, 0) is 11.3 Å². The van der Waals surface area contributed by atoms with Crippen LogP contribution in [0.5, 0.6) is 5.75 Å². The highest BCUT2D eigenvalue weighted by atomic mass is 32.2. The summed E-state index contributed by atoms with van der Waals surface area (Å²) in [5, 5.41) is 15.6. The molecule has 0 radical (unpaired) electrons. The van der Waals surface area contributed by atoms with E-state index in [9.17, 15) is 4.79 Å². The minimum atomic E-state index is -0.134. The molecule has 168 valence electrons. The van der Waals surface area contributed by atoms with Gasteiger partial charge in [0, 0.05) is 22.7 Å². The summed E-state index contributed by atoms with van der Waals surface area (Å²) in [7, 11) is 1.64. The number of rotatable bonds is 9. The molecular weight excluding hydrogens is 436 g/mol. The molecule has 0 saturated heterocycles. The van der Waals surface area contributed by atoms with Crippen molar-refractivity contribution in [2.75, 3.05) is 29.2 Å². The maximum Gasteiger partial charge on any atom is 0.234 e. The second-order valence-corrected chi connectivity index (χ2v) is 8.05. The zero-order valence-electron chi connectivity index (χ0n) is 18.1. The van der Waals surface area contributed by atoms with E-state index in [1.54, 1.807) is 31.4 Å².